The van der Waals surface area contributed by atoms with E-state index in [1.54, 1.807) is 0 Å². The lowest BCUT2D eigenvalue weighted by atomic mass is 9.61. The summed E-state index contributed by atoms with van der Waals surface area (Å²) in [5.41, 5.74) is 24.4. The molecule has 2 aliphatic carbocycles. The molecule has 4 heteroatoms. The zero-order chi connectivity index (χ0) is 38.3. The Balaban J connectivity index is 1.30. The van der Waals surface area contributed by atoms with Gasteiger partial charge >= 0.3 is 0 Å². The van der Waals surface area contributed by atoms with E-state index in [4.69, 9.17) is 24.2 Å². The van der Waals surface area contributed by atoms with Crippen molar-refractivity contribution in [1.82, 2.24) is 0 Å². The highest BCUT2D eigenvalue weighted by Gasteiger charge is 2.51. The Bertz CT molecular complexity index is 2600. The van der Waals surface area contributed by atoms with Crippen molar-refractivity contribution in [2.45, 2.75) is 35.1 Å². The Morgan fingerprint density at radius 3 is 1.98 bits per heavy atom. The highest BCUT2D eigenvalue weighted by molar-refractivity contribution is 7.80. The number of nitrogens with one attached hydrogen (secondary N) is 1. The van der Waals surface area contributed by atoms with Crippen LogP contribution in [-0.4, -0.2) is 0 Å². The average Bonchev–Trinajstić information content (AvgIpc) is 3.58. The molecule has 56 heavy (non-hydrogen) atoms. The number of nitrogen functional groups attached to an aromatic ring is 1. The van der Waals surface area contributed by atoms with Crippen LogP contribution in [0.5, 0.6) is 0 Å². The summed E-state index contributed by atoms with van der Waals surface area (Å²) in [5.74, 6) is 6.98. The highest BCUT2D eigenvalue weighted by Crippen LogP contribution is 2.61. The topological polar surface area (TPSA) is 64.1 Å². The van der Waals surface area contributed by atoms with Gasteiger partial charge in [-0.3, -0.25) is 5.84 Å². The van der Waals surface area contributed by atoms with Gasteiger partial charge in [0.1, 0.15) is 0 Å². The van der Waals surface area contributed by atoms with Crippen LogP contribution in [0.3, 0.4) is 0 Å². The van der Waals surface area contributed by atoms with E-state index in [-0.39, 0.29) is 5.92 Å². The molecule has 0 heterocycles. The summed E-state index contributed by atoms with van der Waals surface area (Å²) in [6.07, 6.45) is 9.93. The summed E-state index contributed by atoms with van der Waals surface area (Å²) < 4.78 is 0. The third-order valence-corrected chi connectivity index (χ3v) is 12.9. The fourth-order valence-electron chi connectivity index (χ4n) is 9.74. The molecule has 0 fully saturated rings. The first-order chi connectivity index (χ1) is 27.5. The predicted octanol–water partition coefficient (Wildman–Crippen LogP) is 12.0. The molecule has 7 aromatic carbocycles. The third kappa shape index (κ3) is 5.51. The minimum atomic E-state index is -0.689. The second-order valence-corrected chi connectivity index (χ2v) is 15.6. The van der Waals surface area contributed by atoms with Crippen molar-refractivity contribution in [1.29, 1.82) is 0 Å². The lowest BCUT2D eigenvalue weighted by Gasteiger charge is -2.41. The minimum Gasteiger partial charge on any atom is -0.323 e. The molecule has 7 aromatic rings. The Morgan fingerprint density at radius 2 is 1.27 bits per heavy atom. The van der Waals surface area contributed by atoms with Gasteiger partial charge in [0.25, 0.3) is 0 Å². The van der Waals surface area contributed by atoms with Gasteiger partial charge in [-0.05, 0) is 74.9 Å². The highest BCUT2D eigenvalue weighted by atomic mass is 32.1. The smallest absolute Gasteiger partial charge is 0.0614 e. The maximum atomic E-state index is 7.66. The Morgan fingerprint density at radius 1 is 0.643 bits per heavy atom. The summed E-state index contributed by atoms with van der Waals surface area (Å²) in [4.78, 5) is 0.882. The van der Waals surface area contributed by atoms with E-state index in [0.29, 0.717) is 0 Å². The van der Waals surface area contributed by atoms with Crippen LogP contribution < -0.4 is 17.0 Å². The van der Waals surface area contributed by atoms with Crippen LogP contribution in [0.4, 0.5) is 5.69 Å². The zero-order valence-corrected chi connectivity index (χ0v) is 32.3. The SMILES string of the molecule is C[C@@](c1ccccc1)(c1ccccc1-c1ccc2c(c1NN)C(c1ccccc1)(C1C=CC=CC1)c1ccccc1-2)C(N)c1cccc(-c2ccccc2)c1S. The second kappa shape index (κ2) is 14.6. The van der Waals surface area contributed by atoms with Gasteiger partial charge in [0.2, 0.25) is 0 Å². The number of anilines is 1. The molecule has 9 rings (SSSR count). The maximum Gasteiger partial charge on any atom is 0.0614 e. The summed E-state index contributed by atoms with van der Waals surface area (Å²) in [7, 11) is 0. The van der Waals surface area contributed by atoms with Crippen LogP contribution in [0.25, 0.3) is 33.4 Å². The number of nitrogens with two attached hydrogens (primary N) is 2. The molecule has 2 aliphatic rings. The molecule has 0 aliphatic heterocycles. The van der Waals surface area contributed by atoms with Gasteiger partial charge in [-0.15, -0.1) is 12.6 Å². The van der Waals surface area contributed by atoms with Crippen molar-refractivity contribution < 1.29 is 0 Å². The molecule has 3 nitrogen and oxygen atoms in total. The number of allylic oxidation sites excluding steroid dienone is 4. The van der Waals surface area contributed by atoms with Gasteiger partial charge in [-0.1, -0.05) is 194 Å². The largest absolute Gasteiger partial charge is 0.323 e. The van der Waals surface area contributed by atoms with Gasteiger partial charge < -0.3 is 11.2 Å². The summed E-state index contributed by atoms with van der Waals surface area (Å²) in [6.45, 7) is 2.28. The monoisotopic (exact) mass is 743 g/mol. The van der Waals surface area contributed by atoms with E-state index in [0.717, 1.165) is 55.9 Å². The first-order valence-electron chi connectivity index (χ1n) is 19.4. The molecule has 5 N–H and O–H groups in total. The summed E-state index contributed by atoms with van der Waals surface area (Å²) in [6, 6.07) is 60.1. The Hall–Kier alpha value is -5.91. The van der Waals surface area contributed by atoms with Crippen LogP contribution in [0.1, 0.15) is 52.8 Å². The molecule has 0 bridgehead atoms. The van der Waals surface area contributed by atoms with E-state index in [1.807, 2.05) is 6.07 Å². The molecular weight excluding hydrogens is 699 g/mol. The van der Waals surface area contributed by atoms with Gasteiger partial charge in [0.05, 0.1) is 11.1 Å². The van der Waals surface area contributed by atoms with E-state index in [2.05, 4.69) is 200 Å². The first-order valence-corrected chi connectivity index (χ1v) is 19.9. The van der Waals surface area contributed by atoms with Crippen molar-refractivity contribution >= 4 is 18.3 Å². The standard InChI is InChI=1S/C52H45N3S/c1-51(36-21-8-3-9-22-36,50(53)44-30-18-29-39(49(44)56)35-19-6-2-7-20-35)45-31-16-14-28-41(45)43-34-33-42-40-27-15-17-32-46(40)52(47(42)48(43)55-54,37-23-10-4-11-24-37)38-25-12-5-13-26-38/h2-25,27-34,38,50,55-56H,26,53-54H2,1H3/t38?,50?,51-,52?/m1/s1. The molecule has 0 aromatic heterocycles. The van der Waals surface area contributed by atoms with Crippen molar-refractivity contribution in [3.8, 4) is 33.4 Å². The number of benzene rings is 7. The number of hydrogen-bond acceptors (Lipinski definition) is 4. The quantitative estimate of drug-likeness (QED) is 0.0676. The summed E-state index contributed by atoms with van der Waals surface area (Å²) in [5, 5.41) is 0. The molecule has 0 spiro atoms. The zero-order valence-electron chi connectivity index (χ0n) is 31.4. The number of hydrogen-bond donors (Lipinski definition) is 4. The van der Waals surface area contributed by atoms with Crippen molar-refractivity contribution in [3.05, 3.63) is 228 Å². The molecule has 274 valence electrons. The molecule has 4 atom stereocenters. The van der Waals surface area contributed by atoms with Crippen LogP contribution in [0.2, 0.25) is 0 Å². The van der Waals surface area contributed by atoms with Crippen LogP contribution in [0.15, 0.2) is 199 Å². The first kappa shape index (κ1) is 35.8. The lowest BCUT2D eigenvalue weighted by Crippen LogP contribution is -2.38. The minimum absolute atomic E-state index is 0.156. The van der Waals surface area contributed by atoms with Gasteiger partial charge in [-0.25, -0.2) is 0 Å². The van der Waals surface area contributed by atoms with E-state index in [1.165, 1.54) is 27.8 Å². The maximum absolute atomic E-state index is 7.66. The Labute approximate surface area is 335 Å². The van der Waals surface area contributed by atoms with Crippen molar-refractivity contribution in [3.63, 3.8) is 0 Å². The molecule has 0 radical (unpaired) electrons. The average molecular weight is 744 g/mol. The van der Waals surface area contributed by atoms with Crippen molar-refractivity contribution in [2.24, 2.45) is 17.5 Å². The van der Waals surface area contributed by atoms with Gasteiger partial charge in [0, 0.05) is 27.5 Å². The molecule has 3 unspecified atom stereocenters. The Kier molecular flexibility index (Phi) is 9.35. The third-order valence-electron chi connectivity index (χ3n) is 12.4. The van der Waals surface area contributed by atoms with Crippen LogP contribution in [-0.2, 0) is 10.8 Å². The van der Waals surface area contributed by atoms with E-state index in [9.17, 15) is 0 Å². The van der Waals surface area contributed by atoms with E-state index < -0.39 is 16.9 Å². The molecule has 0 amide bonds. The fraction of sp³-hybridized carbons (Fsp3) is 0.115. The van der Waals surface area contributed by atoms with Crippen LogP contribution in [0, 0.1) is 5.92 Å². The van der Waals surface area contributed by atoms with E-state index >= 15 is 0 Å². The van der Waals surface area contributed by atoms with Gasteiger partial charge in [-0.2, -0.15) is 0 Å². The fourth-order valence-corrected chi connectivity index (χ4v) is 10.2. The number of hydrazine groups is 1. The molecule has 0 saturated heterocycles. The van der Waals surface area contributed by atoms with Gasteiger partial charge in [0.15, 0.2) is 0 Å². The van der Waals surface area contributed by atoms with Crippen LogP contribution >= 0.6 is 12.6 Å². The second-order valence-electron chi connectivity index (χ2n) is 15.1. The predicted molar refractivity (Wildman–Crippen MR) is 237 cm³/mol. The number of thiol groups is 1. The number of rotatable bonds is 9. The number of fused-ring (bicyclic) bond motifs is 3. The molecule has 0 saturated carbocycles. The summed E-state index contributed by atoms with van der Waals surface area (Å²) >= 11 is 5.20. The normalized spacial score (nSPS) is 18.5. The molecular formula is C52H45N3S. The lowest BCUT2D eigenvalue weighted by molar-refractivity contribution is 0.452. The van der Waals surface area contributed by atoms with Crippen molar-refractivity contribution in [2.75, 3.05) is 5.43 Å².